The molecule has 23 heavy (non-hydrogen) atoms. The predicted molar refractivity (Wildman–Crippen MR) is 88.3 cm³/mol. The molecule has 1 aliphatic rings. The fraction of sp³-hybridized carbons (Fsp3) is 0.444. The average Bonchev–Trinajstić information content (AvgIpc) is 2.52. The quantitative estimate of drug-likeness (QED) is 0.871. The number of carbonyl (C=O) groups excluding carboxylic acids is 2. The summed E-state index contributed by atoms with van der Waals surface area (Å²) in [5.41, 5.74) is 1.85. The molecule has 0 aromatic heterocycles. The van der Waals surface area contributed by atoms with Crippen LogP contribution in [0.15, 0.2) is 30.3 Å². The summed E-state index contributed by atoms with van der Waals surface area (Å²) in [6.45, 7) is 6.01. The van der Waals surface area contributed by atoms with Crippen molar-refractivity contribution in [3.63, 3.8) is 0 Å². The van der Waals surface area contributed by atoms with Gasteiger partial charge in [-0.2, -0.15) is 0 Å². The summed E-state index contributed by atoms with van der Waals surface area (Å²) in [4.78, 5) is 25.6. The standard InChI is InChI=1S/C18H23NO4/c1-18(2,3)23-17(22)19-10-8-13(9-11-19)14-6-4-5-7-15(14)16(21)12-20/h4-8,20H,9-12H2,1-3H3. The van der Waals surface area contributed by atoms with Crippen molar-refractivity contribution in [2.24, 2.45) is 0 Å². The van der Waals surface area contributed by atoms with Crippen molar-refractivity contribution < 1.29 is 19.4 Å². The number of carbonyl (C=O) groups is 2. The highest BCUT2D eigenvalue weighted by molar-refractivity contribution is 6.01. The Morgan fingerprint density at radius 3 is 2.52 bits per heavy atom. The van der Waals surface area contributed by atoms with Gasteiger partial charge in [0.05, 0.1) is 0 Å². The van der Waals surface area contributed by atoms with Crippen molar-refractivity contribution >= 4 is 17.4 Å². The normalized spacial score (nSPS) is 15.1. The molecule has 1 heterocycles. The first kappa shape index (κ1) is 17.2. The van der Waals surface area contributed by atoms with Crippen LogP contribution in [0.25, 0.3) is 5.57 Å². The van der Waals surface area contributed by atoms with Crippen molar-refractivity contribution in [3.8, 4) is 0 Å². The van der Waals surface area contributed by atoms with Gasteiger partial charge in [0.15, 0.2) is 5.78 Å². The summed E-state index contributed by atoms with van der Waals surface area (Å²) in [6.07, 6.45) is 2.26. The van der Waals surface area contributed by atoms with E-state index in [9.17, 15) is 9.59 Å². The van der Waals surface area contributed by atoms with Gasteiger partial charge >= 0.3 is 6.09 Å². The van der Waals surface area contributed by atoms with Crippen LogP contribution in [0.2, 0.25) is 0 Å². The zero-order valence-corrected chi connectivity index (χ0v) is 13.8. The molecule has 124 valence electrons. The molecule has 0 aliphatic carbocycles. The Bertz CT molecular complexity index is 628. The van der Waals surface area contributed by atoms with E-state index in [-0.39, 0.29) is 11.9 Å². The van der Waals surface area contributed by atoms with E-state index in [2.05, 4.69) is 0 Å². The van der Waals surface area contributed by atoms with Crippen LogP contribution in [0.1, 0.15) is 43.1 Å². The minimum Gasteiger partial charge on any atom is -0.444 e. The van der Waals surface area contributed by atoms with Gasteiger partial charge in [0, 0.05) is 18.7 Å². The van der Waals surface area contributed by atoms with Crippen molar-refractivity contribution in [3.05, 3.63) is 41.5 Å². The molecular weight excluding hydrogens is 294 g/mol. The third-order valence-electron chi connectivity index (χ3n) is 3.58. The number of aliphatic hydroxyl groups excluding tert-OH is 1. The average molecular weight is 317 g/mol. The van der Waals surface area contributed by atoms with E-state index in [1.165, 1.54) is 0 Å². The Hall–Kier alpha value is -2.14. The fourth-order valence-electron chi connectivity index (χ4n) is 2.50. The molecule has 0 radical (unpaired) electrons. The van der Waals surface area contributed by atoms with E-state index in [0.717, 1.165) is 11.1 Å². The molecule has 1 aliphatic heterocycles. The smallest absolute Gasteiger partial charge is 0.410 e. The third kappa shape index (κ3) is 4.42. The number of amides is 1. The van der Waals surface area contributed by atoms with Crippen LogP contribution in [-0.2, 0) is 4.74 Å². The van der Waals surface area contributed by atoms with E-state index < -0.39 is 12.2 Å². The SMILES string of the molecule is CC(C)(C)OC(=O)N1CC=C(c2ccccc2C(=O)CO)CC1. The maximum Gasteiger partial charge on any atom is 0.410 e. The van der Waals surface area contributed by atoms with Gasteiger partial charge in [-0.15, -0.1) is 0 Å². The van der Waals surface area contributed by atoms with Gasteiger partial charge in [0.2, 0.25) is 0 Å². The zero-order valence-electron chi connectivity index (χ0n) is 13.8. The monoisotopic (exact) mass is 317 g/mol. The van der Waals surface area contributed by atoms with Crippen LogP contribution >= 0.6 is 0 Å². The van der Waals surface area contributed by atoms with Crippen LogP contribution in [0, 0.1) is 0 Å². The summed E-state index contributed by atoms with van der Waals surface area (Å²) in [7, 11) is 0. The lowest BCUT2D eigenvalue weighted by Gasteiger charge is -2.30. The summed E-state index contributed by atoms with van der Waals surface area (Å²) in [5.74, 6) is -0.295. The molecule has 0 saturated heterocycles. The minimum atomic E-state index is -0.513. The van der Waals surface area contributed by atoms with Gasteiger partial charge in [-0.25, -0.2) is 4.79 Å². The molecule has 0 bridgehead atoms. The maximum absolute atomic E-state index is 12.1. The molecule has 0 unspecified atom stereocenters. The van der Waals surface area contributed by atoms with Gasteiger partial charge in [-0.05, 0) is 38.3 Å². The van der Waals surface area contributed by atoms with Gasteiger partial charge in [-0.1, -0.05) is 30.3 Å². The molecule has 5 nitrogen and oxygen atoms in total. The summed E-state index contributed by atoms with van der Waals surface area (Å²) in [5, 5.41) is 9.10. The number of hydrogen-bond acceptors (Lipinski definition) is 4. The number of ether oxygens (including phenoxy) is 1. The molecule has 0 spiro atoms. The maximum atomic E-state index is 12.1. The number of hydrogen-bond donors (Lipinski definition) is 1. The second kappa shape index (κ2) is 6.96. The van der Waals surface area contributed by atoms with Crippen molar-refractivity contribution in [1.29, 1.82) is 0 Å². The van der Waals surface area contributed by atoms with E-state index in [0.29, 0.717) is 25.1 Å². The van der Waals surface area contributed by atoms with Crippen LogP contribution in [-0.4, -0.2) is 47.2 Å². The lowest BCUT2D eigenvalue weighted by molar-refractivity contribution is 0.0270. The van der Waals surface area contributed by atoms with Crippen molar-refractivity contribution in [1.82, 2.24) is 4.90 Å². The predicted octanol–water partition coefficient (Wildman–Crippen LogP) is 2.89. The number of nitrogens with zero attached hydrogens (tertiary/aromatic N) is 1. The highest BCUT2D eigenvalue weighted by Gasteiger charge is 2.24. The third-order valence-corrected chi connectivity index (χ3v) is 3.58. The van der Waals surface area contributed by atoms with Crippen LogP contribution < -0.4 is 0 Å². The molecule has 0 atom stereocenters. The number of benzene rings is 1. The lowest BCUT2D eigenvalue weighted by Crippen LogP contribution is -2.39. The first-order valence-electron chi connectivity index (χ1n) is 7.72. The van der Waals surface area contributed by atoms with Crippen LogP contribution in [0.4, 0.5) is 4.79 Å². The number of Topliss-reactive ketones (excluding diaryl/α,β-unsaturated/α-hetero) is 1. The van der Waals surface area contributed by atoms with Crippen molar-refractivity contribution in [2.45, 2.75) is 32.8 Å². The Labute approximate surface area is 136 Å². The molecule has 0 fully saturated rings. The lowest BCUT2D eigenvalue weighted by atomic mass is 9.93. The first-order chi connectivity index (χ1) is 10.8. The molecule has 1 aromatic rings. The molecular formula is C18H23NO4. The second-order valence-electron chi connectivity index (χ2n) is 6.53. The summed E-state index contributed by atoms with van der Waals surface area (Å²) >= 11 is 0. The molecule has 2 rings (SSSR count). The molecule has 5 heteroatoms. The Balaban J connectivity index is 2.14. The Kier molecular flexibility index (Phi) is 5.21. The Morgan fingerprint density at radius 1 is 1.26 bits per heavy atom. The summed E-state index contributed by atoms with van der Waals surface area (Å²) in [6, 6.07) is 7.24. The van der Waals surface area contributed by atoms with Gasteiger partial charge in [-0.3, -0.25) is 4.79 Å². The molecule has 1 N–H and O–H groups in total. The Morgan fingerprint density at radius 2 is 1.96 bits per heavy atom. The van der Waals surface area contributed by atoms with E-state index in [1.54, 1.807) is 17.0 Å². The van der Waals surface area contributed by atoms with Gasteiger partial charge < -0.3 is 14.7 Å². The highest BCUT2D eigenvalue weighted by Crippen LogP contribution is 2.26. The number of aliphatic hydroxyl groups is 1. The summed E-state index contributed by atoms with van der Waals surface area (Å²) < 4.78 is 5.37. The van der Waals surface area contributed by atoms with Gasteiger partial charge in [0.25, 0.3) is 0 Å². The van der Waals surface area contributed by atoms with Crippen LogP contribution in [0.3, 0.4) is 0 Å². The van der Waals surface area contributed by atoms with E-state index >= 15 is 0 Å². The van der Waals surface area contributed by atoms with Crippen molar-refractivity contribution in [2.75, 3.05) is 19.7 Å². The largest absolute Gasteiger partial charge is 0.444 e. The van der Waals surface area contributed by atoms with Crippen LogP contribution in [0.5, 0.6) is 0 Å². The topological polar surface area (TPSA) is 66.8 Å². The fourth-order valence-corrected chi connectivity index (χ4v) is 2.50. The first-order valence-corrected chi connectivity index (χ1v) is 7.72. The van der Waals surface area contributed by atoms with E-state index in [1.807, 2.05) is 39.0 Å². The number of ketones is 1. The van der Waals surface area contributed by atoms with E-state index in [4.69, 9.17) is 9.84 Å². The molecule has 1 aromatic carbocycles. The molecule has 0 saturated carbocycles. The number of rotatable bonds is 3. The second-order valence-corrected chi connectivity index (χ2v) is 6.53. The zero-order chi connectivity index (χ0) is 17.0. The molecule has 1 amide bonds. The van der Waals surface area contributed by atoms with Gasteiger partial charge in [0.1, 0.15) is 12.2 Å². The highest BCUT2D eigenvalue weighted by atomic mass is 16.6. The minimum absolute atomic E-state index is 0.295.